The maximum atomic E-state index is 14.6. The number of allylic oxidation sites excluding steroid dienone is 1. The Morgan fingerprint density at radius 3 is 2.27 bits per heavy atom. The van der Waals surface area contributed by atoms with E-state index < -0.39 is 23.7 Å². The van der Waals surface area contributed by atoms with E-state index in [0.717, 1.165) is 38.2 Å². The minimum Gasteiger partial charge on any atom is -0.378 e. The number of epoxide rings is 1. The Kier molecular flexibility index (Phi) is 8.16. The van der Waals surface area contributed by atoms with Crippen molar-refractivity contribution in [2.45, 2.75) is 89.5 Å². The molecule has 0 bridgehead atoms. The summed E-state index contributed by atoms with van der Waals surface area (Å²) in [6.45, 7) is 3.37. The first-order chi connectivity index (χ1) is 15.8. The van der Waals surface area contributed by atoms with Gasteiger partial charge in [0.25, 0.3) is 0 Å². The van der Waals surface area contributed by atoms with Crippen LogP contribution in [-0.2, 0) is 15.7 Å². The molecule has 1 heterocycles. The lowest BCUT2D eigenvalue weighted by Gasteiger charge is -2.31. The number of halogens is 4. The van der Waals surface area contributed by atoms with Crippen LogP contribution in [0.4, 0.5) is 17.6 Å². The van der Waals surface area contributed by atoms with Gasteiger partial charge >= 0.3 is 6.18 Å². The molecule has 2 nitrogen and oxygen atoms in total. The molecule has 0 amide bonds. The van der Waals surface area contributed by atoms with Crippen LogP contribution in [-0.4, -0.2) is 19.3 Å². The standard InChI is InChI=1S/C27H36F4O2/c1-2-3-18-4-6-20(7-5-18)16-32-22-13-9-19(10-14-22)8-11-21-12-15-23(24-17-33-24)26(28)25(21)27(29,30)31/h8,11-12,15,18-20,22,24H,2-7,9-10,13-14,16-17H2,1H3/b11-8+. The van der Waals surface area contributed by atoms with Gasteiger partial charge in [-0.2, -0.15) is 13.2 Å². The fraction of sp³-hybridized carbons (Fsp3) is 0.704. The Labute approximate surface area is 194 Å². The lowest BCUT2D eigenvalue weighted by Crippen LogP contribution is -2.25. The molecule has 6 heteroatoms. The van der Waals surface area contributed by atoms with Crippen LogP contribution in [0.3, 0.4) is 0 Å². The van der Waals surface area contributed by atoms with Crippen LogP contribution in [0.15, 0.2) is 18.2 Å². The third-order valence-corrected chi connectivity index (χ3v) is 7.67. The van der Waals surface area contributed by atoms with E-state index in [9.17, 15) is 17.6 Å². The summed E-state index contributed by atoms with van der Waals surface area (Å²) in [5, 5.41) is 0. The molecule has 3 aliphatic rings. The summed E-state index contributed by atoms with van der Waals surface area (Å²) in [6, 6.07) is 2.78. The molecule has 4 rings (SSSR count). The molecule has 1 aliphatic heterocycles. The number of alkyl halides is 3. The largest absolute Gasteiger partial charge is 0.419 e. The van der Waals surface area contributed by atoms with Crippen molar-refractivity contribution in [3.63, 3.8) is 0 Å². The highest BCUT2D eigenvalue weighted by Gasteiger charge is 2.40. The molecule has 0 aromatic heterocycles. The molecule has 1 aromatic carbocycles. The summed E-state index contributed by atoms with van der Waals surface area (Å²) in [5.41, 5.74) is -1.30. The van der Waals surface area contributed by atoms with E-state index in [0.29, 0.717) is 5.92 Å². The molecule has 1 atom stereocenters. The second kappa shape index (κ2) is 10.9. The first kappa shape index (κ1) is 24.7. The second-order valence-electron chi connectivity index (χ2n) is 10.2. The van der Waals surface area contributed by atoms with Gasteiger partial charge in [0.15, 0.2) is 0 Å². The Morgan fingerprint density at radius 1 is 1.00 bits per heavy atom. The van der Waals surface area contributed by atoms with Gasteiger partial charge in [-0.3, -0.25) is 0 Å². The molecule has 1 saturated heterocycles. The fourth-order valence-corrected chi connectivity index (χ4v) is 5.57. The summed E-state index contributed by atoms with van der Waals surface area (Å²) < 4.78 is 66.5. The van der Waals surface area contributed by atoms with Crippen LogP contribution in [0.5, 0.6) is 0 Å². The minimum absolute atomic E-state index is 0.00372. The molecule has 2 saturated carbocycles. The highest BCUT2D eigenvalue weighted by Crippen LogP contribution is 2.41. The highest BCUT2D eigenvalue weighted by atomic mass is 19.4. The lowest BCUT2D eigenvalue weighted by molar-refractivity contribution is -0.140. The molecule has 184 valence electrons. The minimum atomic E-state index is -4.74. The van der Waals surface area contributed by atoms with Crippen molar-refractivity contribution >= 4 is 6.08 Å². The maximum Gasteiger partial charge on any atom is 0.419 e. The zero-order valence-electron chi connectivity index (χ0n) is 19.5. The number of benzene rings is 1. The Morgan fingerprint density at radius 2 is 1.67 bits per heavy atom. The predicted molar refractivity (Wildman–Crippen MR) is 121 cm³/mol. The van der Waals surface area contributed by atoms with Crippen molar-refractivity contribution < 1.29 is 27.0 Å². The predicted octanol–water partition coefficient (Wildman–Crippen LogP) is 8.11. The van der Waals surface area contributed by atoms with Crippen LogP contribution in [0.25, 0.3) is 6.08 Å². The van der Waals surface area contributed by atoms with Crippen molar-refractivity contribution in [1.82, 2.24) is 0 Å². The zero-order chi connectivity index (χ0) is 23.4. The molecule has 1 aromatic rings. The summed E-state index contributed by atoms with van der Waals surface area (Å²) >= 11 is 0. The highest BCUT2D eigenvalue weighted by molar-refractivity contribution is 5.57. The van der Waals surface area contributed by atoms with Crippen molar-refractivity contribution in [3.8, 4) is 0 Å². The van der Waals surface area contributed by atoms with E-state index in [1.54, 1.807) is 0 Å². The summed E-state index contributed by atoms with van der Waals surface area (Å²) in [4.78, 5) is 0. The molecule has 0 spiro atoms. The Balaban J connectivity index is 1.26. The van der Waals surface area contributed by atoms with Gasteiger partial charge in [0.2, 0.25) is 0 Å². The van der Waals surface area contributed by atoms with Crippen molar-refractivity contribution in [3.05, 3.63) is 40.7 Å². The van der Waals surface area contributed by atoms with Crippen LogP contribution in [0.2, 0.25) is 0 Å². The van der Waals surface area contributed by atoms with E-state index in [1.807, 2.05) is 6.08 Å². The van der Waals surface area contributed by atoms with Crippen molar-refractivity contribution in [2.24, 2.45) is 17.8 Å². The van der Waals surface area contributed by atoms with Gasteiger partial charge in [-0.15, -0.1) is 0 Å². The molecule has 1 unspecified atom stereocenters. The SMILES string of the molecule is CCCC1CCC(COC2CCC(/C=C/c3ccc(C4CO4)c(F)c3C(F)(F)F)CC2)CC1. The molecule has 0 radical (unpaired) electrons. The van der Waals surface area contributed by atoms with E-state index in [1.165, 1.54) is 56.7 Å². The van der Waals surface area contributed by atoms with Gasteiger partial charge in [0.1, 0.15) is 11.9 Å². The van der Waals surface area contributed by atoms with Crippen LogP contribution in [0.1, 0.15) is 93.9 Å². The molecule has 33 heavy (non-hydrogen) atoms. The number of hydrogen-bond acceptors (Lipinski definition) is 2. The number of ether oxygens (including phenoxy) is 2. The molecule has 0 N–H and O–H groups in total. The third-order valence-electron chi connectivity index (χ3n) is 7.67. The lowest BCUT2D eigenvalue weighted by atomic mass is 9.80. The molecule has 2 aliphatic carbocycles. The van der Waals surface area contributed by atoms with Crippen molar-refractivity contribution in [1.29, 1.82) is 0 Å². The summed E-state index contributed by atoms with van der Waals surface area (Å²) in [7, 11) is 0. The Hall–Kier alpha value is -1.40. The van der Waals surface area contributed by atoms with Crippen LogP contribution < -0.4 is 0 Å². The molecular weight excluding hydrogens is 432 g/mol. The smallest absolute Gasteiger partial charge is 0.378 e. The first-order valence-corrected chi connectivity index (χ1v) is 12.7. The quantitative estimate of drug-likeness (QED) is 0.284. The van der Waals surface area contributed by atoms with Crippen molar-refractivity contribution in [2.75, 3.05) is 13.2 Å². The number of hydrogen-bond donors (Lipinski definition) is 0. The zero-order valence-corrected chi connectivity index (χ0v) is 19.5. The van der Waals surface area contributed by atoms with Crippen LogP contribution >= 0.6 is 0 Å². The normalized spacial score (nSPS) is 30.6. The van der Waals surface area contributed by atoms with E-state index in [-0.39, 0.29) is 29.8 Å². The van der Waals surface area contributed by atoms with Gasteiger partial charge < -0.3 is 9.47 Å². The van der Waals surface area contributed by atoms with Gasteiger partial charge in [-0.1, -0.05) is 56.9 Å². The first-order valence-electron chi connectivity index (χ1n) is 12.7. The topological polar surface area (TPSA) is 21.8 Å². The van der Waals surface area contributed by atoms with Gasteiger partial charge in [-0.05, 0) is 61.8 Å². The van der Waals surface area contributed by atoms with Gasteiger partial charge in [0, 0.05) is 12.2 Å². The maximum absolute atomic E-state index is 14.6. The Bertz CT molecular complexity index is 799. The summed E-state index contributed by atoms with van der Waals surface area (Å²) in [5.74, 6) is 0.575. The van der Waals surface area contributed by atoms with E-state index in [2.05, 4.69) is 6.92 Å². The monoisotopic (exact) mass is 468 g/mol. The average Bonchev–Trinajstić information content (AvgIpc) is 3.62. The average molecular weight is 469 g/mol. The summed E-state index contributed by atoms with van der Waals surface area (Å²) in [6.07, 6.45) is 9.69. The third kappa shape index (κ3) is 6.60. The second-order valence-corrected chi connectivity index (χ2v) is 10.2. The van der Waals surface area contributed by atoms with Gasteiger partial charge in [-0.25, -0.2) is 4.39 Å². The van der Waals surface area contributed by atoms with Crippen LogP contribution in [0, 0.1) is 23.6 Å². The number of rotatable bonds is 8. The van der Waals surface area contributed by atoms with E-state index in [4.69, 9.17) is 9.47 Å². The fourth-order valence-electron chi connectivity index (χ4n) is 5.57. The molecular formula is C27H36F4O2. The van der Waals surface area contributed by atoms with E-state index >= 15 is 0 Å². The van der Waals surface area contributed by atoms with Gasteiger partial charge in [0.05, 0.1) is 18.3 Å². The molecule has 3 fully saturated rings.